The molecular weight excluding hydrogens is 449 g/mol. The van der Waals surface area contributed by atoms with E-state index < -0.39 is 17.5 Å². The third-order valence-corrected chi connectivity index (χ3v) is 5.97. The highest BCUT2D eigenvalue weighted by Crippen LogP contribution is 2.24. The van der Waals surface area contributed by atoms with Gasteiger partial charge in [-0.3, -0.25) is 4.79 Å². The van der Waals surface area contributed by atoms with Gasteiger partial charge in [0.1, 0.15) is 6.33 Å². The standard InChI is InChI=1S/C24H19F3N4OS/c25-19-8-7-17(21(26)22(19)27)13-33-24-30-20(9-6-15-4-2-1-3-5-15)18(23(32)31-24)10-16-11-28-14-29-12-16/h1-5,7-8,11-12,14H,6,9-10,13H2,(H,30,31,32). The summed E-state index contributed by atoms with van der Waals surface area (Å²) in [6.45, 7) is 0. The first-order valence-corrected chi connectivity index (χ1v) is 11.1. The SMILES string of the molecule is O=c1[nH]c(SCc2ccc(F)c(F)c2F)nc(CCc2ccccc2)c1Cc1cncnc1. The molecule has 1 N–H and O–H groups in total. The fourth-order valence-corrected chi connectivity index (χ4v) is 4.19. The number of aromatic amines is 1. The lowest BCUT2D eigenvalue weighted by Crippen LogP contribution is -2.20. The first-order chi connectivity index (χ1) is 16.0. The van der Waals surface area contributed by atoms with Crippen LogP contribution in [0.5, 0.6) is 0 Å². The van der Waals surface area contributed by atoms with Gasteiger partial charge in [0.15, 0.2) is 22.6 Å². The van der Waals surface area contributed by atoms with E-state index in [-0.39, 0.29) is 22.0 Å². The number of halogens is 3. The van der Waals surface area contributed by atoms with Crippen LogP contribution >= 0.6 is 11.8 Å². The van der Waals surface area contributed by atoms with Crippen molar-refractivity contribution in [3.05, 3.63) is 117 Å². The first-order valence-electron chi connectivity index (χ1n) is 10.2. The van der Waals surface area contributed by atoms with Crippen molar-refractivity contribution in [1.29, 1.82) is 0 Å². The van der Waals surface area contributed by atoms with Crippen LogP contribution in [0.25, 0.3) is 0 Å². The van der Waals surface area contributed by atoms with Gasteiger partial charge in [-0.25, -0.2) is 28.1 Å². The lowest BCUT2D eigenvalue weighted by Gasteiger charge is -2.11. The van der Waals surface area contributed by atoms with E-state index in [1.807, 2.05) is 30.3 Å². The molecule has 0 amide bonds. The van der Waals surface area contributed by atoms with Crippen molar-refractivity contribution in [3.63, 3.8) is 0 Å². The van der Waals surface area contributed by atoms with E-state index in [1.165, 1.54) is 12.4 Å². The number of H-pyrrole nitrogens is 1. The molecule has 0 aliphatic rings. The maximum absolute atomic E-state index is 14.0. The van der Waals surface area contributed by atoms with Crippen LogP contribution in [0.2, 0.25) is 0 Å². The monoisotopic (exact) mass is 468 g/mol. The van der Waals surface area contributed by atoms with Crippen molar-refractivity contribution in [2.75, 3.05) is 0 Å². The number of hydrogen-bond donors (Lipinski definition) is 1. The van der Waals surface area contributed by atoms with Gasteiger partial charge in [-0.05, 0) is 30.0 Å². The van der Waals surface area contributed by atoms with E-state index in [1.54, 1.807) is 12.4 Å². The Hall–Kier alpha value is -3.46. The minimum Gasteiger partial charge on any atom is -0.301 e. The maximum atomic E-state index is 14.0. The molecule has 0 atom stereocenters. The van der Waals surface area contributed by atoms with E-state index in [4.69, 9.17) is 0 Å². The average Bonchev–Trinajstić information content (AvgIpc) is 2.84. The van der Waals surface area contributed by atoms with Gasteiger partial charge in [0.05, 0.1) is 5.69 Å². The van der Waals surface area contributed by atoms with Crippen LogP contribution < -0.4 is 5.56 Å². The second-order valence-corrected chi connectivity index (χ2v) is 8.29. The van der Waals surface area contributed by atoms with Gasteiger partial charge < -0.3 is 4.98 Å². The number of nitrogens with zero attached hydrogens (tertiary/aromatic N) is 3. The molecule has 0 aliphatic carbocycles. The van der Waals surface area contributed by atoms with Crippen molar-refractivity contribution < 1.29 is 13.2 Å². The van der Waals surface area contributed by atoms with E-state index in [0.29, 0.717) is 30.5 Å². The topological polar surface area (TPSA) is 71.5 Å². The molecule has 0 spiro atoms. The number of hydrogen-bond acceptors (Lipinski definition) is 5. The molecule has 4 aromatic rings. The van der Waals surface area contributed by atoms with Crippen LogP contribution in [0.3, 0.4) is 0 Å². The summed E-state index contributed by atoms with van der Waals surface area (Å²) in [4.78, 5) is 28.2. The van der Waals surface area contributed by atoms with Crippen LogP contribution in [-0.4, -0.2) is 19.9 Å². The first kappa shape index (κ1) is 22.7. The number of rotatable bonds is 8. The quantitative estimate of drug-likeness (QED) is 0.232. The molecule has 4 rings (SSSR count). The van der Waals surface area contributed by atoms with Gasteiger partial charge in [0, 0.05) is 35.7 Å². The van der Waals surface area contributed by atoms with Crippen LogP contribution in [0.15, 0.2) is 71.1 Å². The number of benzene rings is 2. The van der Waals surface area contributed by atoms with Crippen LogP contribution in [0, 0.1) is 17.5 Å². The van der Waals surface area contributed by atoms with Gasteiger partial charge in [-0.15, -0.1) is 0 Å². The lowest BCUT2D eigenvalue weighted by atomic mass is 10.0. The van der Waals surface area contributed by atoms with E-state index >= 15 is 0 Å². The molecule has 0 bridgehead atoms. The highest BCUT2D eigenvalue weighted by atomic mass is 32.2. The Morgan fingerprint density at radius 1 is 0.879 bits per heavy atom. The largest absolute Gasteiger partial charge is 0.301 e. The third kappa shape index (κ3) is 5.67. The number of aryl methyl sites for hydroxylation is 2. The molecule has 168 valence electrons. The van der Waals surface area contributed by atoms with E-state index in [0.717, 1.165) is 29.0 Å². The van der Waals surface area contributed by atoms with Crippen LogP contribution in [-0.2, 0) is 25.0 Å². The summed E-state index contributed by atoms with van der Waals surface area (Å²) >= 11 is 1.05. The zero-order valence-corrected chi connectivity index (χ0v) is 18.2. The second-order valence-electron chi connectivity index (χ2n) is 7.33. The summed E-state index contributed by atoms with van der Waals surface area (Å²) in [7, 11) is 0. The summed E-state index contributed by atoms with van der Waals surface area (Å²) in [6.07, 6.45) is 6.21. The van der Waals surface area contributed by atoms with Crippen molar-refractivity contribution >= 4 is 11.8 Å². The Balaban J connectivity index is 1.61. The molecule has 0 unspecified atom stereocenters. The van der Waals surface area contributed by atoms with Crippen LogP contribution in [0.1, 0.15) is 27.9 Å². The molecule has 2 heterocycles. The zero-order valence-electron chi connectivity index (χ0n) is 17.4. The zero-order chi connectivity index (χ0) is 23.2. The summed E-state index contributed by atoms with van der Waals surface area (Å²) in [5.41, 5.74) is 2.66. The molecule has 0 aliphatic heterocycles. The van der Waals surface area contributed by atoms with Gasteiger partial charge >= 0.3 is 0 Å². The minimum absolute atomic E-state index is 0.0158. The van der Waals surface area contributed by atoms with Gasteiger partial charge in [-0.2, -0.15) is 0 Å². The summed E-state index contributed by atoms with van der Waals surface area (Å²) in [5, 5.41) is 0.278. The number of nitrogens with one attached hydrogen (secondary N) is 1. The Labute approximate surface area is 192 Å². The molecule has 0 fully saturated rings. The molecule has 0 saturated heterocycles. The van der Waals surface area contributed by atoms with Gasteiger partial charge in [-0.1, -0.05) is 48.2 Å². The smallest absolute Gasteiger partial charge is 0.255 e. The third-order valence-electron chi connectivity index (χ3n) is 5.05. The Kier molecular flexibility index (Phi) is 7.19. The fraction of sp³-hybridized carbons (Fsp3) is 0.167. The molecule has 0 radical (unpaired) electrons. The predicted octanol–water partition coefficient (Wildman–Crippen LogP) is 4.65. The maximum Gasteiger partial charge on any atom is 0.255 e. The fourth-order valence-electron chi connectivity index (χ4n) is 3.34. The second kappa shape index (κ2) is 10.4. The molecule has 2 aromatic heterocycles. The molecule has 0 saturated carbocycles. The molecule has 33 heavy (non-hydrogen) atoms. The highest BCUT2D eigenvalue weighted by Gasteiger charge is 2.16. The molecular formula is C24H19F3N4OS. The Morgan fingerprint density at radius 2 is 1.64 bits per heavy atom. The summed E-state index contributed by atoms with van der Waals surface area (Å²) in [6, 6.07) is 11.9. The van der Waals surface area contributed by atoms with Crippen molar-refractivity contribution in [2.24, 2.45) is 0 Å². The summed E-state index contributed by atoms with van der Waals surface area (Å²) < 4.78 is 40.7. The van der Waals surface area contributed by atoms with E-state index in [9.17, 15) is 18.0 Å². The normalized spacial score (nSPS) is 11.0. The predicted molar refractivity (Wildman–Crippen MR) is 119 cm³/mol. The van der Waals surface area contributed by atoms with Crippen LogP contribution in [0.4, 0.5) is 13.2 Å². The lowest BCUT2D eigenvalue weighted by molar-refractivity contribution is 0.443. The number of thioether (sulfide) groups is 1. The summed E-state index contributed by atoms with van der Waals surface area (Å²) in [5.74, 6) is -4.02. The van der Waals surface area contributed by atoms with Crippen molar-refractivity contribution in [2.45, 2.75) is 30.2 Å². The van der Waals surface area contributed by atoms with Gasteiger partial charge in [0.2, 0.25) is 0 Å². The highest BCUT2D eigenvalue weighted by molar-refractivity contribution is 7.98. The van der Waals surface area contributed by atoms with Crippen molar-refractivity contribution in [1.82, 2.24) is 19.9 Å². The van der Waals surface area contributed by atoms with Gasteiger partial charge in [0.25, 0.3) is 5.56 Å². The molecule has 9 heteroatoms. The minimum atomic E-state index is -1.52. The van der Waals surface area contributed by atoms with E-state index in [2.05, 4.69) is 19.9 Å². The number of aromatic nitrogens is 4. The average molecular weight is 469 g/mol. The Bertz CT molecular complexity index is 1300. The Morgan fingerprint density at radius 3 is 2.39 bits per heavy atom. The molecule has 2 aromatic carbocycles. The molecule has 5 nitrogen and oxygen atoms in total. The van der Waals surface area contributed by atoms with Crippen molar-refractivity contribution in [3.8, 4) is 0 Å².